The summed E-state index contributed by atoms with van der Waals surface area (Å²) in [5.74, 6) is 0.578. The fourth-order valence-electron chi connectivity index (χ4n) is 5.06. The number of aromatic nitrogens is 2. The number of carbonyl (C=O) groups is 1. The lowest BCUT2D eigenvalue weighted by atomic mass is 10.1. The zero-order valence-corrected chi connectivity index (χ0v) is 22.1. The molecule has 38 heavy (non-hydrogen) atoms. The van der Waals surface area contributed by atoms with Gasteiger partial charge in [-0.15, -0.1) is 0 Å². The van der Waals surface area contributed by atoms with Crippen LogP contribution < -0.4 is 0 Å². The predicted octanol–water partition coefficient (Wildman–Crippen LogP) is 5.58. The van der Waals surface area contributed by atoms with Crippen LogP contribution in [0.3, 0.4) is 0 Å². The van der Waals surface area contributed by atoms with E-state index < -0.39 is 0 Å². The number of pyridine rings is 1. The number of nitro groups is 1. The molecule has 3 heterocycles. The molecule has 0 aliphatic carbocycles. The fourth-order valence-corrected chi connectivity index (χ4v) is 5.06. The van der Waals surface area contributed by atoms with Crippen LogP contribution in [-0.4, -0.2) is 56.2 Å². The minimum Gasteiger partial charge on any atom is -0.340 e. The SMILES string of the molecule is Cc1cccc(-c2ccc3nc(-c4ccc([N+](=O)[O-])cc4)c(CN4CCN(C(=O)CC(C)C)CC4)n3c2)c1. The van der Waals surface area contributed by atoms with Crippen LogP contribution in [0.5, 0.6) is 0 Å². The number of piperazine rings is 1. The number of hydrogen-bond donors (Lipinski definition) is 0. The largest absolute Gasteiger partial charge is 0.340 e. The lowest BCUT2D eigenvalue weighted by Gasteiger charge is -2.35. The quantitative estimate of drug-likeness (QED) is 0.239. The van der Waals surface area contributed by atoms with Gasteiger partial charge in [-0.05, 0) is 48.2 Å². The summed E-state index contributed by atoms with van der Waals surface area (Å²) in [5.41, 5.74) is 7.02. The van der Waals surface area contributed by atoms with Gasteiger partial charge < -0.3 is 9.30 Å². The highest BCUT2D eigenvalue weighted by Gasteiger charge is 2.24. The van der Waals surface area contributed by atoms with E-state index in [4.69, 9.17) is 4.98 Å². The van der Waals surface area contributed by atoms with Gasteiger partial charge in [0.05, 0.1) is 16.3 Å². The second-order valence-electron chi connectivity index (χ2n) is 10.5. The third-order valence-corrected chi connectivity index (χ3v) is 7.10. The van der Waals surface area contributed by atoms with Gasteiger partial charge in [0.15, 0.2) is 0 Å². The molecule has 8 nitrogen and oxygen atoms in total. The molecule has 0 N–H and O–H groups in total. The molecule has 1 aliphatic rings. The van der Waals surface area contributed by atoms with E-state index in [1.54, 1.807) is 12.1 Å². The highest BCUT2D eigenvalue weighted by Crippen LogP contribution is 2.30. The molecule has 4 aromatic rings. The Kier molecular flexibility index (Phi) is 7.24. The number of fused-ring (bicyclic) bond motifs is 1. The second-order valence-corrected chi connectivity index (χ2v) is 10.5. The number of non-ortho nitro benzene ring substituents is 1. The number of rotatable bonds is 7. The summed E-state index contributed by atoms with van der Waals surface area (Å²) in [5, 5.41) is 11.2. The lowest BCUT2D eigenvalue weighted by Crippen LogP contribution is -2.48. The van der Waals surface area contributed by atoms with E-state index in [-0.39, 0.29) is 16.5 Å². The van der Waals surface area contributed by atoms with Gasteiger partial charge in [-0.3, -0.25) is 19.8 Å². The van der Waals surface area contributed by atoms with Crippen LogP contribution >= 0.6 is 0 Å². The molecule has 0 radical (unpaired) electrons. The van der Waals surface area contributed by atoms with E-state index in [1.165, 1.54) is 17.7 Å². The Morgan fingerprint density at radius 3 is 2.34 bits per heavy atom. The Morgan fingerprint density at radius 2 is 1.68 bits per heavy atom. The van der Waals surface area contributed by atoms with Crippen molar-refractivity contribution in [3.8, 4) is 22.4 Å². The third kappa shape index (κ3) is 5.45. The van der Waals surface area contributed by atoms with E-state index >= 15 is 0 Å². The van der Waals surface area contributed by atoms with Crippen LogP contribution in [0.2, 0.25) is 0 Å². The van der Waals surface area contributed by atoms with Crippen LogP contribution in [0.25, 0.3) is 28.0 Å². The zero-order valence-electron chi connectivity index (χ0n) is 22.1. The molecule has 0 unspecified atom stereocenters. The first-order valence-corrected chi connectivity index (χ1v) is 13.1. The average Bonchev–Trinajstić information content (AvgIpc) is 3.26. The normalized spacial score (nSPS) is 14.4. The molecular formula is C30H33N5O3. The molecule has 2 aromatic carbocycles. The molecule has 5 rings (SSSR count). The molecule has 0 saturated carbocycles. The van der Waals surface area contributed by atoms with Crippen molar-refractivity contribution in [3.63, 3.8) is 0 Å². The second kappa shape index (κ2) is 10.8. The highest BCUT2D eigenvalue weighted by molar-refractivity contribution is 5.76. The van der Waals surface area contributed by atoms with Gasteiger partial charge in [0.2, 0.25) is 5.91 Å². The summed E-state index contributed by atoms with van der Waals surface area (Å²) in [7, 11) is 0. The molecule has 196 valence electrons. The van der Waals surface area contributed by atoms with Gasteiger partial charge in [0.1, 0.15) is 5.65 Å². The molecular weight excluding hydrogens is 478 g/mol. The summed E-state index contributed by atoms with van der Waals surface area (Å²) in [6.45, 7) is 9.89. The van der Waals surface area contributed by atoms with Crippen molar-refractivity contribution in [1.82, 2.24) is 19.2 Å². The number of aryl methyl sites for hydroxylation is 1. The van der Waals surface area contributed by atoms with Crippen molar-refractivity contribution in [2.24, 2.45) is 5.92 Å². The zero-order chi connectivity index (χ0) is 26.8. The Labute approximate surface area is 222 Å². The van der Waals surface area contributed by atoms with Crippen molar-refractivity contribution in [3.05, 3.63) is 88.2 Å². The van der Waals surface area contributed by atoms with Crippen molar-refractivity contribution in [2.75, 3.05) is 26.2 Å². The van der Waals surface area contributed by atoms with Crippen LogP contribution in [-0.2, 0) is 11.3 Å². The first kappa shape index (κ1) is 25.6. The van der Waals surface area contributed by atoms with Crippen LogP contribution in [0.4, 0.5) is 5.69 Å². The Bertz CT molecular complexity index is 1470. The van der Waals surface area contributed by atoms with Crippen molar-refractivity contribution in [1.29, 1.82) is 0 Å². The number of amides is 1. The van der Waals surface area contributed by atoms with E-state index in [9.17, 15) is 14.9 Å². The summed E-state index contributed by atoms with van der Waals surface area (Å²) in [6, 6.07) is 19.1. The number of hydrogen-bond acceptors (Lipinski definition) is 5. The summed E-state index contributed by atoms with van der Waals surface area (Å²) in [6.07, 6.45) is 2.71. The average molecular weight is 512 g/mol. The Morgan fingerprint density at radius 1 is 0.974 bits per heavy atom. The molecule has 2 aromatic heterocycles. The summed E-state index contributed by atoms with van der Waals surface area (Å²) in [4.78, 5) is 32.7. The Balaban J connectivity index is 1.49. The first-order chi connectivity index (χ1) is 18.3. The molecule has 0 spiro atoms. The molecule has 0 bridgehead atoms. The van der Waals surface area contributed by atoms with Gasteiger partial charge in [-0.2, -0.15) is 0 Å². The summed E-state index contributed by atoms with van der Waals surface area (Å²) >= 11 is 0. The molecule has 8 heteroatoms. The van der Waals surface area contributed by atoms with E-state index in [1.807, 2.05) is 11.0 Å². The van der Waals surface area contributed by atoms with Gasteiger partial charge in [0.25, 0.3) is 5.69 Å². The van der Waals surface area contributed by atoms with Crippen LogP contribution in [0.1, 0.15) is 31.5 Å². The van der Waals surface area contributed by atoms with Crippen LogP contribution in [0, 0.1) is 23.0 Å². The van der Waals surface area contributed by atoms with Gasteiger partial charge in [-0.1, -0.05) is 43.7 Å². The number of benzene rings is 2. The standard InChI is InChI=1S/C30H33N5O3/c1-21(2)17-29(36)33-15-13-32(14-16-33)20-27-30(23-7-10-26(11-8-23)35(37)38)31-28-12-9-25(19-34(27)28)24-6-4-5-22(3)18-24/h4-12,18-19,21H,13-17,20H2,1-3H3. The molecule has 1 amide bonds. The maximum Gasteiger partial charge on any atom is 0.269 e. The summed E-state index contributed by atoms with van der Waals surface area (Å²) < 4.78 is 2.14. The van der Waals surface area contributed by atoms with Gasteiger partial charge in [-0.25, -0.2) is 4.98 Å². The molecule has 1 saturated heterocycles. The minimum atomic E-state index is -0.386. The minimum absolute atomic E-state index is 0.0583. The van der Waals surface area contributed by atoms with E-state index in [0.717, 1.165) is 46.8 Å². The maximum atomic E-state index is 12.6. The molecule has 1 fully saturated rings. The fraction of sp³-hybridized carbons (Fsp3) is 0.333. The maximum absolute atomic E-state index is 12.6. The van der Waals surface area contributed by atoms with Gasteiger partial charge in [0, 0.05) is 63.0 Å². The van der Waals surface area contributed by atoms with Crippen LogP contribution in [0.15, 0.2) is 66.9 Å². The predicted molar refractivity (Wildman–Crippen MR) is 149 cm³/mol. The number of carbonyl (C=O) groups excluding carboxylic acids is 1. The number of nitrogens with zero attached hydrogens (tertiary/aromatic N) is 5. The highest BCUT2D eigenvalue weighted by atomic mass is 16.6. The monoisotopic (exact) mass is 511 g/mol. The molecule has 1 aliphatic heterocycles. The number of imidazole rings is 1. The van der Waals surface area contributed by atoms with E-state index in [2.05, 4.69) is 66.6 Å². The third-order valence-electron chi connectivity index (χ3n) is 7.10. The van der Waals surface area contributed by atoms with E-state index in [0.29, 0.717) is 32.0 Å². The van der Waals surface area contributed by atoms with Gasteiger partial charge >= 0.3 is 0 Å². The smallest absolute Gasteiger partial charge is 0.269 e. The first-order valence-electron chi connectivity index (χ1n) is 13.1. The lowest BCUT2D eigenvalue weighted by molar-refractivity contribution is -0.384. The Hall–Kier alpha value is -4.04. The van der Waals surface area contributed by atoms with Crippen molar-refractivity contribution < 1.29 is 9.72 Å². The van der Waals surface area contributed by atoms with Crippen molar-refractivity contribution in [2.45, 2.75) is 33.7 Å². The molecule has 0 atom stereocenters. The topological polar surface area (TPSA) is 84.0 Å². The van der Waals surface area contributed by atoms with Crippen molar-refractivity contribution >= 4 is 17.2 Å². The number of nitro benzene ring substituents is 1.